The predicted molar refractivity (Wildman–Crippen MR) is 139 cm³/mol. The molecule has 216 valence electrons. The van der Waals surface area contributed by atoms with Crippen molar-refractivity contribution < 1.29 is 53.5 Å². The van der Waals surface area contributed by atoms with Gasteiger partial charge in [-0.25, -0.2) is 9.59 Å². The zero-order chi connectivity index (χ0) is 29.6. The molecular weight excluding hydrogens is 550 g/mol. The molecule has 3 atom stereocenters. The van der Waals surface area contributed by atoms with Crippen LogP contribution in [0.4, 0.5) is 0 Å². The molecule has 0 bridgehead atoms. The largest absolute Gasteiger partial charge is 0.508 e. The minimum Gasteiger partial charge on any atom is -0.508 e. The van der Waals surface area contributed by atoms with Gasteiger partial charge in [0, 0.05) is 24.9 Å². The van der Waals surface area contributed by atoms with Gasteiger partial charge in [-0.05, 0) is 36.6 Å². The molecule has 1 fully saturated rings. The molecule has 1 saturated heterocycles. The summed E-state index contributed by atoms with van der Waals surface area (Å²) in [6, 6.07) is 4.81. The van der Waals surface area contributed by atoms with Crippen molar-refractivity contribution in [2.24, 2.45) is 5.73 Å². The lowest BCUT2D eigenvalue weighted by molar-refractivity contribution is -0.192. The average Bonchev–Trinajstić information content (AvgIpc) is 2.93. The van der Waals surface area contributed by atoms with Crippen LogP contribution in [0.3, 0.4) is 0 Å². The fraction of sp³-hybridized carbons (Fsp3) is 0.400. The minimum atomic E-state index is -1.82. The molecule has 0 spiro atoms. The summed E-state index contributed by atoms with van der Waals surface area (Å²) in [6.07, 6.45) is 1.45. The number of benzene rings is 1. The molecule has 2 heterocycles. The number of nitrogens with zero attached hydrogens (tertiary/aromatic N) is 1. The van der Waals surface area contributed by atoms with E-state index in [-0.39, 0.29) is 42.1 Å². The molecule has 15 heteroatoms. The summed E-state index contributed by atoms with van der Waals surface area (Å²) in [6.45, 7) is -0.448. The molecule has 2 amide bonds. The number of carbonyl (C=O) groups is 5. The number of hydrogen-bond donors (Lipinski definition) is 5. The highest BCUT2D eigenvalue weighted by Crippen LogP contribution is 2.46. The van der Waals surface area contributed by atoms with Crippen molar-refractivity contribution in [2.45, 2.75) is 36.4 Å². The summed E-state index contributed by atoms with van der Waals surface area (Å²) in [4.78, 5) is 62.2. The lowest BCUT2D eigenvalue weighted by Crippen LogP contribution is -2.80. The minimum absolute atomic E-state index is 0.0398. The van der Waals surface area contributed by atoms with E-state index in [0.29, 0.717) is 5.56 Å². The first-order valence-corrected chi connectivity index (χ1v) is 13.0. The second-order valence-electron chi connectivity index (χ2n) is 8.80. The standard InChI is InChI=1S/C25H29N3O11S/c1-37-17(10-13-6-8-15(29)9-7-13)22(35)39-11-14-12-40-24-25(38-2,23(36)28(24)19(14)21(33)34)27-18(30)5-3-4-16(26)20(31)32/h6-10,16,24,29H,3-5,11-12,26H2,1-2H3,(H,27,30)(H,31,32)(H,33,34)/b17-10-/t16-,24-,25+/m1/s1. The van der Waals surface area contributed by atoms with E-state index >= 15 is 0 Å². The zero-order valence-corrected chi connectivity index (χ0v) is 22.4. The third-order valence-electron chi connectivity index (χ3n) is 6.19. The number of thioether (sulfide) groups is 1. The van der Waals surface area contributed by atoms with E-state index in [2.05, 4.69) is 5.32 Å². The number of carboxylic acid groups (broad SMARTS) is 2. The van der Waals surface area contributed by atoms with Gasteiger partial charge in [-0.1, -0.05) is 12.1 Å². The molecule has 0 aliphatic carbocycles. The predicted octanol–water partition coefficient (Wildman–Crippen LogP) is 0.218. The Bertz CT molecular complexity index is 1250. The van der Waals surface area contributed by atoms with E-state index in [9.17, 15) is 34.2 Å². The molecule has 0 radical (unpaired) electrons. The van der Waals surface area contributed by atoms with Crippen LogP contribution in [-0.4, -0.2) is 93.7 Å². The maximum atomic E-state index is 13.2. The van der Waals surface area contributed by atoms with Crippen LogP contribution in [0.2, 0.25) is 0 Å². The van der Waals surface area contributed by atoms with Crippen LogP contribution in [0.15, 0.2) is 41.3 Å². The summed E-state index contributed by atoms with van der Waals surface area (Å²) in [5.41, 5.74) is 3.91. The van der Waals surface area contributed by atoms with Crippen LogP contribution in [0.25, 0.3) is 6.08 Å². The number of esters is 1. The summed E-state index contributed by atoms with van der Waals surface area (Å²) in [5.74, 6) is -5.02. The molecule has 2 aliphatic rings. The van der Waals surface area contributed by atoms with Crippen molar-refractivity contribution in [1.82, 2.24) is 10.2 Å². The van der Waals surface area contributed by atoms with Crippen molar-refractivity contribution in [3.63, 3.8) is 0 Å². The van der Waals surface area contributed by atoms with Crippen LogP contribution in [0.1, 0.15) is 24.8 Å². The molecule has 0 aromatic heterocycles. The van der Waals surface area contributed by atoms with Gasteiger partial charge in [-0.3, -0.25) is 19.3 Å². The molecule has 0 unspecified atom stereocenters. The number of carboxylic acids is 2. The first kappa shape index (κ1) is 30.5. The van der Waals surface area contributed by atoms with Gasteiger partial charge >= 0.3 is 17.9 Å². The molecule has 0 saturated carbocycles. The second-order valence-corrected chi connectivity index (χ2v) is 9.87. The van der Waals surface area contributed by atoms with Crippen molar-refractivity contribution in [3.8, 4) is 5.75 Å². The lowest BCUT2D eigenvalue weighted by atomic mass is 9.97. The van der Waals surface area contributed by atoms with E-state index in [0.717, 1.165) is 16.7 Å². The number of phenols is 1. The number of ether oxygens (including phenoxy) is 3. The Kier molecular flexibility index (Phi) is 9.78. The lowest BCUT2D eigenvalue weighted by Gasteiger charge is -2.55. The van der Waals surface area contributed by atoms with Crippen LogP contribution in [0, 0.1) is 0 Å². The van der Waals surface area contributed by atoms with E-state index in [1.165, 1.54) is 32.4 Å². The third kappa shape index (κ3) is 6.38. The van der Waals surface area contributed by atoms with Crippen molar-refractivity contribution in [1.29, 1.82) is 0 Å². The maximum Gasteiger partial charge on any atom is 0.373 e. The van der Waals surface area contributed by atoms with Crippen molar-refractivity contribution >= 4 is 47.6 Å². The van der Waals surface area contributed by atoms with Crippen LogP contribution in [0.5, 0.6) is 5.75 Å². The summed E-state index contributed by atoms with van der Waals surface area (Å²) in [7, 11) is 2.46. The Balaban J connectivity index is 1.70. The molecule has 40 heavy (non-hydrogen) atoms. The number of nitrogens with two attached hydrogens (primary N) is 1. The maximum absolute atomic E-state index is 13.2. The molecule has 3 rings (SSSR count). The van der Waals surface area contributed by atoms with Crippen LogP contribution in [-0.2, 0) is 38.2 Å². The van der Waals surface area contributed by atoms with Gasteiger partial charge < -0.3 is 40.6 Å². The first-order chi connectivity index (χ1) is 18.9. The zero-order valence-electron chi connectivity index (χ0n) is 21.6. The summed E-state index contributed by atoms with van der Waals surface area (Å²) < 4.78 is 15.7. The quantitative estimate of drug-likeness (QED) is 0.0696. The Labute approximate surface area is 232 Å². The fourth-order valence-corrected chi connectivity index (χ4v) is 5.50. The number of rotatable bonds is 13. The highest BCUT2D eigenvalue weighted by molar-refractivity contribution is 8.00. The number of nitrogens with one attached hydrogen (secondary N) is 1. The second kappa shape index (κ2) is 12.8. The Morgan fingerprint density at radius 1 is 1.23 bits per heavy atom. The molecule has 14 nitrogen and oxygen atoms in total. The van der Waals surface area contributed by atoms with E-state index in [4.69, 9.17) is 25.1 Å². The van der Waals surface area contributed by atoms with E-state index < -0.39 is 59.2 Å². The average molecular weight is 580 g/mol. The molecule has 1 aromatic carbocycles. The van der Waals surface area contributed by atoms with Gasteiger partial charge in [0.05, 0.1) is 7.11 Å². The SMILES string of the molecule is CO/C(=C\c1ccc(O)cc1)C(=O)OCC1=C(C(=O)O)N2C(=O)[C@](NC(=O)CCC[C@@H](N)C(=O)O)(OC)[C@H]2SC1. The smallest absolute Gasteiger partial charge is 0.373 e. The highest BCUT2D eigenvalue weighted by Gasteiger charge is 2.66. The van der Waals surface area contributed by atoms with E-state index in [1.54, 1.807) is 12.1 Å². The molecule has 6 N–H and O–H groups in total. The number of methoxy groups -OCH3 is 2. The van der Waals surface area contributed by atoms with Gasteiger partial charge in [0.2, 0.25) is 11.7 Å². The van der Waals surface area contributed by atoms with Gasteiger partial charge in [-0.15, -0.1) is 11.8 Å². The number of aliphatic carboxylic acids is 2. The number of hydrogen-bond acceptors (Lipinski definition) is 11. The number of amides is 2. The molecular formula is C25H29N3O11S. The Morgan fingerprint density at radius 2 is 1.90 bits per heavy atom. The Hall–Kier alpha value is -4.08. The third-order valence-corrected chi connectivity index (χ3v) is 7.56. The van der Waals surface area contributed by atoms with Gasteiger partial charge in [0.15, 0.2) is 0 Å². The number of phenolic OH excluding ortho intramolecular Hbond substituents is 1. The normalized spacial score (nSPS) is 21.2. The van der Waals surface area contributed by atoms with Crippen molar-refractivity contribution in [3.05, 3.63) is 46.9 Å². The number of aromatic hydroxyl groups is 1. The first-order valence-electron chi connectivity index (χ1n) is 11.9. The summed E-state index contributed by atoms with van der Waals surface area (Å²) in [5, 5.41) is 29.7. The van der Waals surface area contributed by atoms with Gasteiger partial charge in [0.1, 0.15) is 29.5 Å². The Morgan fingerprint density at radius 3 is 2.48 bits per heavy atom. The van der Waals surface area contributed by atoms with E-state index in [1.807, 2.05) is 0 Å². The van der Waals surface area contributed by atoms with Gasteiger partial charge in [-0.2, -0.15) is 0 Å². The topological polar surface area (TPSA) is 215 Å². The van der Waals surface area contributed by atoms with Crippen LogP contribution >= 0.6 is 11.8 Å². The summed E-state index contributed by atoms with van der Waals surface area (Å²) >= 11 is 1.11. The highest BCUT2D eigenvalue weighted by atomic mass is 32.2. The number of β-lactam (4-membered cyclic amide) rings is 1. The molecule has 1 aromatic rings. The van der Waals surface area contributed by atoms with Crippen molar-refractivity contribution in [2.75, 3.05) is 26.6 Å². The number of fused-ring (bicyclic) bond motifs is 1. The monoisotopic (exact) mass is 579 g/mol. The number of carbonyl (C=O) groups excluding carboxylic acids is 3. The fourth-order valence-electron chi connectivity index (χ4n) is 4.08. The van der Waals surface area contributed by atoms with Gasteiger partial charge in [0.25, 0.3) is 11.6 Å². The van der Waals surface area contributed by atoms with Crippen LogP contribution < -0.4 is 11.1 Å². The molecule has 2 aliphatic heterocycles.